The summed E-state index contributed by atoms with van der Waals surface area (Å²) in [5.74, 6) is -1.34. The van der Waals surface area contributed by atoms with Gasteiger partial charge in [0.25, 0.3) is 0 Å². The fraction of sp³-hybridized carbons (Fsp3) is 0.133. The van der Waals surface area contributed by atoms with Crippen molar-refractivity contribution in [3.8, 4) is 0 Å². The molecule has 0 aliphatic rings. The topological polar surface area (TPSA) is 29.1 Å². The summed E-state index contributed by atoms with van der Waals surface area (Å²) in [6.45, 7) is 0. The first-order valence-corrected chi connectivity index (χ1v) is 7.65. The number of amides is 1. The molecule has 1 amide bonds. The van der Waals surface area contributed by atoms with E-state index in [2.05, 4.69) is 5.32 Å². The maximum atomic E-state index is 13.0. The van der Waals surface area contributed by atoms with Crippen LogP contribution in [-0.4, -0.2) is 11.7 Å². The molecule has 110 valence electrons. The minimum atomic E-state index is -0.987. The average Bonchev–Trinajstić information content (AvgIpc) is 2.43. The highest BCUT2D eigenvalue weighted by molar-refractivity contribution is 7.99. The third-order valence-electron chi connectivity index (χ3n) is 2.59. The van der Waals surface area contributed by atoms with Gasteiger partial charge in [0, 0.05) is 22.5 Å². The number of rotatable bonds is 5. The van der Waals surface area contributed by atoms with Crippen LogP contribution in [-0.2, 0) is 10.5 Å². The number of hydrogen-bond acceptors (Lipinski definition) is 2. The molecule has 2 aromatic rings. The number of carbonyl (C=O) groups is 1. The van der Waals surface area contributed by atoms with Crippen LogP contribution in [0.2, 0.25) is 5.02 Å². The van der Waals surface area contributed by atoms with Gasteiger partial charge in [-0.1, -0.05) is 23.7 Å². The molecule has 0 aromatic heterocycles. The Hall–Kier alpha value is -1.59. The maximum absolute atomic E-state index is 13.0. The number of carbonyl (C=O) groups excluding carboxylic acids is 1. The van der Waals surface area contributed by atoms with Gasteiger partial charge in [-0.3, -0.25) is 4.79 Å². The lowest BCUT2D eigenvalue weighted by molar-refractivity contribution is -0.113. The second-order valence-electron chi connectivity index (χ2n) is 4.30. The van der Waals surface area contributed by atoms with Crippen LogP contribution in [0, 0.1) is 11.6 Å². The van der Waals surface area contributed by atoms with E-state index in [0.717, 1.165) is 17.7 Å². The molecule has 0 atom stereocenters. The van der Waals surface area contributed by atoms with Crippen molar-refractivity contribution in [3.63, 3.8) is 0 Å². The maximum Gasteiger partial charge on any atom is 0.234 e. The van der Waals surface area contributed by atoms with Crippen LogP contribution >= 0.6 is 23.4 Å². The Morgan fingerprint density at radius 3 is 2.67 bits per heavy atom. The Bertz CT molecular complexity index is 651. The number of hydrogen-bond donors (Lipinski definition) is 1. The van der Waals surface area contributed by atoms with Gasteiger partial charge in [0.1, 0.15) is 0 Å². The highest BCUT2D eigenvalue weighted by Gasteiger charge is 2.06. The summed E-state index contributed by atoms with van der Waals surface area (Å²) < 4.78 is 25.8. The lowest BCUT2D eigenvalue weighted by Crippen LogP contribution is -2.14. The smallest absolute Gasteiger partial charge is 0.234 e. The summed E-state index contributed by atoms with van der Waals surface area (Å²) in [4.78, 5) is 11.7. The monoisotopic (exact) mass is 327 g/mol. The first kappa shape index (κ1) is 15.8. The summed E-state index contributed by atoms with van der Waals surface area (Å²) in [7, 11) is 0. The van der Waals surface area contributed by atoms with Crippen molar-refractivity contribution in [2.45, 2.75) is 5.75 Å². The van der Waals surface area contributed by atoms with Crippen molar-refractivity contribution in [2.24, 2.45) is 0 Å². The summed E-state index contributed by atoms with van der Waals surface area (Å²) in [6.07, 6.45) is 0. The second kappa shape index (κ2) is 7.43. The van der Waals surface area contributed by atoms with Crippen molar-refractivity contribution in [1.29, 1.82) is 0 Å². The zero-order valence-corrected chi connectivity index (χ0v) is 12.5. The van der Waals surface area contributed by atoms with E-state index in [0.29, 0.717) is 10.8 Å². The molecule has 0 fully saturated rings. The van der Waals surface area contributed by atoms with Crippen LogP contribution in [0.15, 0.2) is 42.5 Å². The summed E-state index contributed by atoms with van der Waals surface area (Å²) in [5.41, 5.74) is 1.26. The summed E-state index contributed by atoms with van der Waals surface area (Å²) in [6, 6.07) is 10.6. The third kappa shape index (κ3) is 5.02. The molecule has 21 heavy (non-hydrogen) atoms. The molecular weight excluding hydrogens is 316 g/mol. The molecule has 1 N–H and O–H groups in total. The Morgan fingerprint density at radius 1 is 1.14 bits per heavy atom. The minimum Gasteiger partial charge on any atom is -0.325 e. The van der Waals surface area contributed by atoms with E-state index < -0.39 is 11.6 Å². The van der Waals surface area contributed by atoms with Crippen molar-refractivity contribution in [3.05, 3.63) is 64.7 Å². The SMILES string of the molecule is O=C(CSCc1cccc(Cl)c1)Nc1ccc(F)c(F)c1. The molecule has 0 unspecified atom stereocenters. The van der Waals surface area contributed by atoms with Gasteiger partial charge in [0.15, 0.2) is 11.6 Å². The Morgan fingerprint density at radius 2 is 1.95 bits per heavy atom. The summed E-state index contributed by atoms with van der Waals surface area (Å²) in [5, 5.41) is 3.17. The predicted molar refractivity (Wildman–Crippen MR) is 82.6 cm³/mol. The lowest BCUT2D eigenvalue weighted by atomic mass is 10.2. The second-order valence-corrected chi connectivity index (χ2v) is 5.72. The summed E-state index contributed by atoms with van der Waals surface area (Å²) >= 11 is 7.28. The normalized spacial score (nSPS) is 10.4. The first-order valence-electron chi connectivity index (χ1n) is 6.11. The fourth-order valence-electron chi connectivity index (χ4n) is 1.66. The van der Waals surface area contributed by atoms with E-state index in [4.69, 9.17) is 11.6 Å². The third-order valence-corrected chi connectivity index (χ3v) is 3.83. The molecule has 0 saturated heterocycles. The average molecular weight is 328 g/mol. The van der Waals surface area contributed by atoms with Crippen LogP contribution in [0.5, 0.6) is 0 Å². The molecule has 0 aliphatic heterocycles. The number of benzene rings is 2. The molecule has 0 bridgehead atoms. The lowest BCUT2D eigenvalue weighted by Gasteiger charge is -2.06. The van der Waals surface area contributed by atoms with Crippen LogP contribution in [0.1, 0.15) is 5.56 Å². The largest absolute Gasteiger partial charge is 0.325 e. The standard InChI is InChI=1S/C15H12ClF2NOS/c16-11-3-1-2-10(6-11)8-21-9-15(20)19-12-4-5-13(17)14(18)7-12/h1-7H,8-9H2,(H,19,20). The van der Waals surface area contributed by atoms with E-state index in [9.17, 15) is 13.6 Å². The van der Waals surface area contributed by atoms with Crippen molar-refractivity contribution in [1.82, 2.24) is 0 Å². The van der Waals surface area contributed by atoms with Crippen molar-refractivity contribution >= 4 is 35.0 Å². The van der Waals surface area contributed by atoms with Crippen molar-refractivity contribution < 1.29 is 13.6 Å². The van der Waals surface area contributed by atoms with E-state index in [1.54, 1.807) is 6.07 Å². The molecule has 2 nitrogen and oxygen atoms in total. The van der Waals surface area contributed by atoms with Gasteiger partial charge in [0.2, 0.25) is 5.91 Å². The molecule has 0 spiro atoms. The number of thioether (sulfide) groups is 1. The van der Waals surface area contributed by atoms with Gasteiger partial charge >= 0.3 is 0 Å². The first-order chi connectivity index (χ1) is 10.0. The van der Waals surface area contributed by atoms with Gasteiger partial charge in [-0.15, -0.1) is 11.8 Å². The predicted octanol–water partition coefficient (Wildman–Crippen LogP) is 4.49. The molecule has 6 heteroatoms. The number of nitrogens with one attached hydrogen (secondary N) is 1. The van der Waals surface area contributed by atoms with Gasteiger partial charge in [-0.2, -0.15) is 0 Å². The van der Waals surface area contributed by atoms with Crippen LogP contribution in [0.3, 0.4) is 0 Å². The van der Waals surface area contributed by atoms with Gasteiger partial charge < -0.3 is 5.32 Å². The molecule has 2 rings (SSSR count). The highest BCUT2D eigenvalue weighted by Crippen LogP contribution is 2.17. The Labute approximate surface area is 130 Å². The van der Waals surface area contributed by atoms with E-state index in [1.807, 2.05) is 18.2 Å². The van der Waals surface area contributed by atoms with E-state index >= 15 is 0 Å². The molecule has 0 aliphatic carbocycles. The Balaban J connectivity index is 1.81. The van der Waals surface area contributed by atoms with Gasteiger partial charge in [-0.05, 0) is 29.8 Å². The number of anilines is 1. The zero-order valence-electron chi connectivity index (χ0n) is 10.9. The van der Waals surface area contributed by atoms with Crippen LogP contribution in [0.25, 0.3) is 0 Å². The van der Waals surface area contributed by atoms with Gasteiger partial charge in [-0.25, -0.2) is 8.78 Å². The molecule has 2 aromatic carbocycles. The highest BCUT2D eigenvalue weighted by atomic mass is 35.5. The van der Waals surface area contributed by atoms with Crippen molar-refractivity contribution in [2.75, 3.05) is 11.1 Å². The fourth-order valence-corrected chi connectivity index (χ4v) is 2.65. The van der Waals surface area contributed by atoms with Crippen LogP contribution in [0.4, 0.5) is 14.5 Å². The quantitative estimate of drug-likeness (QED) is 0.876. The van der Waals surface area contributed by atoms with Crippen LogP contribution < -0.4 is 5.32 Å². The molecule has 0 radical (unpaired) electrons. The molecule has 0 heterocycles. The van der Waals surface area contributed by atoms with Gasteiger partial charge in [0.05, 0.1) is 5.75 Å². The minimum absolute atomic E-state index is 0.214. The number of halogens is 3. The van der Waals surface area contributed by atoms with E-state index in [1.165, 1.54) is 17.8 Å². The van der Waals surface area contributed by atoms with E-state index in [-0.39, 0.29) is 17.3 Å². The molecular formula is C15H12ClF2NOS. The Kier molecular flexibility index (Phi) is 5.59. The zero-order chi connectivity index (χ0) is 15.2. The molecule has 0 saturated carbocycles.